The van der Waals surface area contributed by atoms with Crippen LogP contribution in [0.2, 0.25) is 0 Å². The van der Waals surface area contributed by atoms with Crippen molar-refractivity contribution in [3.63, 3.8) is 0 Å². The van der Waals surface area contributed by atoms with E-state index in [-0.39, 0.29) is 119 Å². The summed E-state index contributed by atoms with van der Waals surface area (Å²) in [4.78, 5) is 134. The van der Waals surface area contributed by atoms with Gasteiger partial charge in [0.05, 0.1) is 78.5 Å². The molecule has 34 heteroatoms. The van der Waals surface area contributed by atoms with Gasteiger partial charge in [-0.3, -0.25) is 38.5 Å². The molecule has 0 radical (unpaired) electrons. The summed E-state index contributed by atoms with van der Waals surface area (Å²) in [5.74, 6) is -9.74. The van der Waals surface area contributed by atoms with Crippen molar-refractivity contribution in [2.24, 2.45) is 5.10 Å². The number of benzene rings is 3. The van der Waals surface area contributed by atoms with Crippen molar-refractivity contribution in [3.05, 3.63) is 110 Å². The average Bonchev–Trinajstić information content (AvgIpc) is 0.711. The molecule has 3 amide bonds. The van der Waals surface area contributed by atoms with Crippen LogP contribution in [0, 0.1) is 0 Å². The summed E-state index contributed by atoms with van der Waals surface area (Å²) in [7, 11) is 7.27. The molecular formula is C68H83N11O21S2. The van der Waals surface area contributed by atoms with Crippen LogP contribution < -0.4 is 32.7 Å². The lowest BCUT2D eigenvalue weighted by atomic mass is 9.63. The molecule has 5 aliphatic rings. The normalized spacial score (nSPS) is 26.4. The number of nitrogens with one attached hydrogen (secondary N) is 5. The van der Waals surface area contributed by atoms with Crippen molar-refractivity contribution in [2.75, 3.05) is 43.8 Å². The number of ketones is 2. The van der Waals surface area contributed by atoms with Crippen LogP contribution in [-0.2, 0) is 58.9 Å². The van der Waals surface area contributed by atoms with Crippen LogP contribution in [-0.4, -0.2) is 220 Å². The molecule has 3 aromatic carbocycles. The molecule has 3 fully saturated rings. The number of rotatable bonds is 27. The highest BCUT2D eigenvalue weighted by atomic mass is 33.1. The summed E-state index contributed by atoms with van der Waals surface area (Å²) in [6.45, 7) is 7.24. The number of phenolic OH excluding ortho intramolecular Hbond substituents is 2. The minimum absolute atomic E-state index is 0.00569. The summed E-state index contributed by atoms with van der Waals surface area (Å²) < 4.78 is 37.4. The number of anilines is 2. The molecule has 13 N–H and O–H groups in total. The monoisotopic (exact) mass is 1450 g/mol. The lowest BCUT2D eigenvalue weighted by molar-refractivity contribution is -0.311. The number of hydrazone groups is 1. The van der Waals surface area contributed by atoms with Gasteiger partial charge in [-0.05, 0) is 121 Å². The first-order valence-corrected chi connectivity index (χ1v) is 35.8. The highest BCUT2D eigenvalue weighted by Crippen LogP contribution is 2.55. The van der Waals surface area contributed by atoms with E-state index in [1.54, 1.807) is 32.9 Å². The predicted octanol–water partition coefficient (Wildman–Crippen LogP) is 3.74. The highest BCUT2D eigenvalue weighted by molar-refractivity contribution is 8.76. The maximum Gasteiger partial charge on any atom is 0.327 e. The molecule has 5 heterocycles. The third kappa shape index (κ3) is 17.2. The number of phenols is 2. The quantitative estimate of drug-likeness (QED) is 0.0151. The van der Waals surface area contributed by atoms with Gasteiger partial charge in [-0.2, -0.15) is 10.1 Å². The molecule has 2 aliphatic carbocycles. The standard InChI is InChI=1S/C68H83N11O21S2/c1-8-68(94)26-34(51-39(54(68)66(93)95-7)24-40-53(57(51)85)58(86)52-38(56(40)84)10-9-11-45(52)80)22-37-23-44(79(5)6)59(31(3)96-37)100-50-25-46(81)60(32(4)98-50)99-49-19-17-41(30(2)97-49)77-78-48(83)20-21-101-102-29-43(65(91)92)73-47(82)18-16-42(64(89)90)74-62(87)33-12-14-35(15-13-33)70-27-36-28-71-61-55(72-36)63(88)76-67(69)75-61/h9-15,24,28,30-32,34,37,42-44,46,49-50,54,59-60,70,80-81,85,94H,8,16-23,25-27,29H2,1-7H3,(H,73,82)(H,74,87)(H,78,83)(H,89,90)(H,91,92)(H3,69,71,75,76,88)/b77-41-/t30?,31?,32?,34-,37-,42-,43?,44+,46+,49-,50-,54-,59+,60+,68+/m0/s1. The maximum atomic E-state index is 14.1. The van der Waals surface area contributed by atoms with Crippen molar-refractivity contribution >= 4 is 97.3 Å². The van der Waals surface area contributed by atoms with E-state index in [1.807, 2.05) is 25.9 Å². The Morgan fingerprint density at radius 1 is 0.863 bits per heavy atom. The Morgan fingerprint density at radius 2 is 1.59 bits per heavy atom. The molecule has 0 saturated carbocycles. The third-order valence-corrected chi connectivity index (χ3v) is 21.4. The number of carboxylic acid groups (broad SMARTS) is 2. The second kappa shape index (κ2) is 32.7. The Hall–Kier alpha value is -8.71. The summed E-state index contributed by atoms with van der Waals surface area (Å²) >= 11 is 0. The first-order chi connectivity index (χ1) is 48.6. The Labute approximate surface area is 592 Å². The van der Waals surface area contributed by atoms with Crippen LogP contribution in [0.25, 0.3) is 11.2 Å². The van der Waals surface area contributed by atoms with E-state index < -0.39 is 156 Å². The number of aromatic nitrogens is 4. The number of carbonyl (C=O) groups is 8. The molecular weight excluding hydrogens is 1370 g/mol. The predicted molar refractivity (Wildman–Crippen MR) is 369 cm³/mol. The summed E-state index contributed by atoms with van der Waals surface area (Å²) in [5, 5.41) is 78.7. The second-order valence-electron chi connectivity index (χ2n) is 26.1. The molecule has 10 rings (SSSR count). The van der Waals surface area contributed by atoms with Crippen LogP contribution in [0.15, 0.2) is 64.6 Å². The Balaban J connectivity index is 0.636. The van der Waals surface area contributed by atoms with Gasteiger partial charge in [-0.25, -0.2) is 25.0 Å². The molecule has 548 valence electrons. The first kappa shape index (κ1) is 75.9. The van der Waals surface area contributed by atoms with Crippen molar-refractivity contribution in [3.8, 4) is 11.5 Å². The number of aliphatic hydroxyl groups excluding tert-OH is 1. The molecule has 15 atom stereocenters. The third-order valence-electron chi connectivity index (χ3n) is 19.0. The number of nitrogens with two attached hydrogens (primary N) is 1. The zero-order chi connectivity index (χ0) is 73.6. The van der Waals surface area contributed by atoms with E-state index in [0.29, 0.717) is 36.4 Å². The minimum Gasteiger partial charge on any atom is -0.507 e. The number of amides is 3. The number of nitrogens with zero attached hydrogens (tertiary/aromatic N) is 5. The maximum absolute atomic E-state index is 14.1. The van der Waals surface area contributed by atoms with Gasteiger partial charge in [0.15, 0.2) is 29.5 Å². The van der Waals surface area contributed by atoms with E-state index in [4.69, 9.17) is 34.2 Å². The summed E-state index contributed by atoms with van der Waals surface area (Å²) in [6, 6.07) is 8.40. The number of aliphatic hydroxyl groups is 2. The SMILES string of the molecule is CC[C@@]1(O)C[C@H](C[C@H]2C[C@@H](N(C)C)[C@H](O[C@H]3C[C@@H](O)[C@H](O[C@H]4CC/C(=N/NC(=O)CCSSCC(NC(=O)CC[C@H](NC(=O)c5ccc(NCc6cnc7nc(N)[nH]c(=O)c7n6)cc5)C(=O)O)C(=O)O)C(C)O4)C(C)O3)C(C)O2)c2c(cc3c(c2O)C(=O)c2c(O)cccc2C3=O)[C@H]1C(=O)OC. The number of carbonyl (C=O) groups excluding carboxylic acids is 6. The van der Waals surface area contributed by atoms with Crippen molar-refractivity contribution < 1.29 is 97.4 Å². The van der Waals surface area contributed by atoms with E-state index >= 15 is 0 Å². The van der Waals surface area contributed by atoms with Gasteiger partial charge in [0, 0.05) is 71.2 Å². The number of aliphatic carboxylic acids is 2. The highest BCUT2D eigenvalue weighted by Gasteiger charge is 2.53. The van der Waals surface area contributed by atoms with E-state index in [0.717, 1.165) is 10.8 Å². The fourth-order valence-electron chi connectivity index (χ4n) is 13.7. The van der Waals surface area contributed by atoms with Gasteiger partial charge in [-0.15, -0.1) is 0 Å². The molecule has 5 aromatic rings. The van der Waals surface area contributed by atoms with Gasteiger partial charge in [-0.1, -0.05) is 40.6 Å². The Kier molecular flexibility index (Phi) is 24.4. The number of hydrogen-bond donors (Lipinski definition) is 12. The number of nitrogen functional groups attached to an aromatic ring is 1. The summed E-state index contributed by atoms with van der Waals surface area (Å²) in [5.41, 5.74) is 7.18. The van der Waals surface area contributed by atoms with Crippen LogP contribution >= 0.6 is 21.6 Å². The zero-order valence-corrected chi connectivity index (χ0v) is 58.5. The number of methoxy groups -OCH3 is 1. The number of hydrogen-bond acceptors (Lipinski definition) is 28. The van der Waals surface area contributed by atoms with Crippen molar-refractivity contribution in [1.82, 2.24) is 40.9 Å². The fraction of sp³-hybridized carbons (Fsp3) is 0.515. The second-order valence-corrected chi connectivity index (χ2v) is 28.7. The molecule has 4 unspecified atom stereocenters. The number of fused-ring (bicyclic) bond motifs is 4. The smallest absolute Gasteiger partial charge is 0.327 e. The van der Waals surface area contributed by atoms with Crippen LogP contribution in [0.5, 0.6) is 11.5 Å². The molecule has 0 bridgehead atoms. The number of carboxylic acids is 2. The molecule has 0 spiro atoms. The Morgan fingerprint density at radius 3 is 2.27 bits per heavy atom. The van der Waals surface area contributed by atoms with Gasteiger partial charge in [0.2, 0.25) is 23.5 Å². The zero-order valence-electron chi connectivity index (χ0n) is 56.9. The van der Waals surface area contributed by atoms with Gasteiger partial charge < -0.3 is 85.6 Å². The number of aromatic amines is 1. The summed E-state index contributed by atoms with van der Waals surface area (Å²) in [6.07, 6.45) is -4.36. The largest absolute Gasteiger partial charge is 0.507 e. The topological polar surface area (TPSA) is 475 Å². The lowest BCUT2D eigenvalue weighted by Gasteiger charge is -2.48. The lowest BCUT2D eigenvalue weighted by Crippen LogP contribution is -2.58. The first-order valence-electron chi connectivity index (χ1n) is 33.3. The molecule has 3 aliphatic heterocycles. The van der Waals surface area contributed by atoms with Crippen molar-refractivity contribution in [1.29, 1.82) is 0 Å². The minimum atomic E-state index is -1.69. The van der Waals surface area contributed by atoms with Crippen LogP contribution in [0.3, 0.4) is 0 Å². The molecule has 32 nitrogen and oxygen atoms in total. The average molecular weight is 1450 g/mol. The molecule has 102 heavy (non-hydrogen) atoms. The van der Waals surface area contributed by atoms with E-state index in [2.05, 4.69) is 46.4 Å². The van der Waals surface area contributed by atoms with Crippen molar-refractivity contribution in [2.45, 2.75) is 189 Å². The van der Waals surface area contributed by atoms with Gasteiger partial charge in [0.1, 0.15) is 41.7 Å². The molecule has 2 aromatic heterocycles. The van der Waals surface area contributed by atoms with Gasteiger partial charge in [0.25, 0.3) is 11.5 Å². The van der Waals surface area contributed by atoms with Gasteiger partial charge >= 0.3 is 17.9 Å². The molecule has 3 saturated heterocycles. The number of ether oxygens (including phenoxy) is 6. The number of H-pyrrole nitrogens is 1. The Bertz CT molecular complexity index is 4100. The fourth-order valence-corrected chi connectivity index (χ4v) is 15.9. The number of esters is 1. The van der Waals surface area contributed by atoms with Crippen LogP contribution in [0.1, 0.15) is 163 Å². The van der Waals surface area contributed by atoms with Crippen LogP contribution in [0.4, 0.5) is 11.6 Å². The number of likely N-dealkylation sites (N-methyl/N-ethyl adjacent to an activating group) is 1. The van der Waals surface area contributed by atoms with E-state index in [1.165, 1.54) is 60.5 Å². The van der Waals surface area contributed by atoms with E-state index in [9.17, 15) is 73.8 Å². The number of aromatic hydroxyl groups is 2.